The lowest BCUT2D eigenvalue weighted by Crippen LogP contribution is -2.31. The van der Waals surface area contributed by atoms with Crippen molar-refractivity contribution in [3.63, 3.8) is 0 Å². The van der Waals surface area contributed by atoms with E-state index in [0.717, 1.165) is 0 Å². The van der Waals surface area contributed by atoms with E-state index in [1.165, 1.54) is 34.8 Å². The van der Waals surface area contributed by atoms with E-state index < -0.39 is 15.8 Å². The van der Waals surface area contributed by atoms with Crippen molar-refractivity contribution in [1.82, 2.24) is 4.98 Å². The van der Waals surface area contributed by atoms with Crippen molar-refractivity contribution in [1.29, 1.82) is 0 Å². The minimum absolute atomic E-state index is 0.0568. The third kappa shape index (κ3) is 2.97. The predicted molar refractivity (Wildman–Crippen MR) is 80.4 cm³/mol. The topological polar surface area (TPSA) is 62.3 Å². The summed E-state index contributed by atoms with van der Waals surface area (Å²) in [5, 5.41) is 2.76. The zero-order valence-corrected chi connectivity index (χ0v) is 12.6. The molecule has 5 nitrogen and oxygen atoms in total. The van der Waals surface area contributed by atoms with E-state index in [1.807, 2.05) is 0 Å². The Morgan fingerprint density at radius 1 is 1.24 bits per heavy atom. The van der Waals surface area contributed by atoms with Gasteiger partial charge in [-0.2, -0.15) is 8.42 Å². The van der Waals surface area contributed by atoms with Crippen molar-refractivity contribution in [3.8, 4) is 0 Å². The number of aromatic nitrogens is 1. The van der Waals surface area contributed by atoms with Crippen molar-refractivity contribution >= 4 is 21.4 Å². The summed E-state index contributed by atoms with van der Waals surface area (Å²) in [6.45, 7) is 1.93. The lowest BCUT2D eigenvalue weighted by atomic mass is 10.3. The highest BCUT2D eigenvalue weighted by Crippen LogP contribution is 2.26. The molecule has 1 aromatic carbocycles. The van der Waals surface area contributed by atoms with Gasteiger partial charge in [0.1, 0.15) is 5.82 Å². The van der Waals surface area contributed by atoms with Crippen LogP contribution in [0.2, 0.25) is 0 Å². The maximum atomic E-state index is 13.0. The highest BCUT2D eigenvalue weighted by Gasteiger charge is 2.27. The van der Waals surface area contributed by atoms with Crippen LogP contribution in [0.1, 0.15) is 6.92 Å². The van der Waals surface area contributed by atoms with Crippen LogP contribution in [0.15, 0.2) is 47.6 Å². The largest absolute Gasteiger partial charge is 0.386 e. The highest BCUT2D eigenvalue weighted by molar-refractivity contribution is 7.92. The molecule has 0 radical (unpaired) electrons. The van der Waals surface area contributed by atoms with Crippen LogP contribution in [0.3, 0.4) is 0 Å². The fourth-order valence-corrected chi connectivity index (χ4v) is 3.58. The third-order valence-corrected chi connectivity index (χ3v) is 4.84. The molecular weight excluding hydrogens is 293 g/mol. The number of rotatable bonds is 5. The molecule has 0 aliphatic carbocycles. The van der Waals surface area contributed by atoms with Gasteiger partial charge in [0.15, 0.2) is 5.03 Å². The molecule has 0 saturated heterocycles. The summed E-state index contributed by atoms with van der Waals surface area (Å²) in [5.74, 6) is -0.416. The quantitative estimate of drug-likeness (QED) is 0.921. The van der Waals surface area contributed by atoms with Crippen LogP contribution >= 0.6 is 0 Å². The van der Waals surface area contributed by atoms with Gasteiger partial charge in [-0.15, -0.1) is 0 Å². The molecule has 0 unspecified atom stereocenters. The van der Waals surface area contributed by atoms with E-state index in [4.69, 9.17) is 0 Å². The van der Waals surface area contributed by atoms with Gasteiger partial charge in [-0.25, -0.2) is 9.37 Å². The molecule has 0 spiro atoms. The average molecular weight is 309 g/mol. The number of sulfonamides is 1. The number of hydrogen-bond acceptors (Lipinski definition) is 4. The molecule has 0 aliphatic rings. The molecule has 0 fully saturated rings. The zero-order valence-electron chi connectivity index (χ0n) is 11.7. The summed E-state index contributed by atoms with van der Waals surface area (Å²) in [6.07, 6.45) is 1.42. The molecule has 21 heavy (non-hydrogen) atoms. The monoisotopic (exact) mass is 309 g/mol. The average Bonchev–Trinajstić information content (AvgIpc) is 2.49. The van der Waals surface area contributed by atoms with E-state index in [0.29, 0.717) is 11.4 Å². The Labute approximate surface area is 123 Å². The van der Waals surface area contributed by atoms with Crippen molar-refractivity contribution in [2.75, 3.05) is 23.2 Å². The lowest BCUT2D eigenvalue weighted by Gasteiger charge is -2.23. The van der Waals surface area contributed by atoms with Gasteiger partial charge in [0.25, 0.3) is 10.0 Å². The molecule has 0 aliphatic heterocycles. The van der Waals surface area contributed by atoms with E-state index in [2.05, 4.69) is 10.3 Å². The third-order valence-electron chi connectivity index (χ3n) is 2.98. The van der Waals surface area contributed by atoms with Crippen LogP contribution in [0, 0.1) is 5.82 Å². The van der Waals surface area contributed by atoms with Gasteiger partial charge in [-0.05, 0) is 43.3 Å². The molecule has 1 aromatic heterocycles. The number of pyridine rings is 1. The molecule has 0 bridgehead atoms. The van der Waals surface area contributed by atoms with Gasteiger partial charge in [-0.1, -0.05) is 0 Å². The van der Waals surface area contributed by atoms with Crippen LogP contribution in [-0.2, 0) is 10.0 Å². The number of hydrogen-bond donors (Lipinski definition) is 1. The Hall–Kier alpha value is -2.15. The van der Waals surface area contributed by atoms with Gasteiger partial charge in [0.2, 0.25) is 0 Å². The normalized spacial score (nSPS) is 11.2. The first-order valence-corrected chi connectivity index (χ1v) is 7.85. The van der Waals surface area contributed by atoms with Crippen LogP contribution < -0.4 is 9.62 Å². The Morgan fingerprint density at radius 2 is 1.90 bits per heavy atom. The zero-order chi connectivity index (χ0) is 15.5. The Kier molecular flexibility index (Phi) is 4.42. The molecule has 112 valence electrons. The van der Waals surface area contributed by atoms with Crippen LogP contribution in [-0.4, -0.2) is 27.0 Å². The van der Waals surface area contributed by atoms with Gasteiger partial charge in [-0.3, -0.25) is 4.31 Å². The van der Waals surface area contributed by atoms with Crippen LogP contribution in [0.25, 0.3) is 0 Å². The first kappa shape index (κ1) is 15.2. The Balaban J connectivity index is 2.52. The second-order valence-electron chi connectivity index (χ2n) is 4.25. The maximum absolute atomic E-state index is 13.0. The van der Waals surface area contributed by atoms with E-state index >= 15 is 0 Å². The van der Waals surface area contributed by atoms with E-state index in [1.54, 1.807) is 26.1 Å². The summed E-state index contributed by atoms with van der Waals surface area (Å²) in [7, 11) is -2.19. The summed E-state index contributed by atoms with van der Waals surface area (Å²) < 4.78 is 39.7. The van der Waals surface area contributed by atoms with Crippen molar-refractivity contribution in [3.05, 3.63) is 48.4 Å². The smallest absolute Gasteiger partial charge is 0.283 e. The molecule has 0 saturated carbocycles. The predicted octanol–water partition coefficient (Wildman–Crippen LogP) is 2.48. The van der Waals surface area contributed by atoms with Gasteiger partial charge in [0.05, 0.1) is 11.4 Å². The molecule has 7 heteroatoms. The van der Waals surface area contributed by atoms with E-state index in [9.17, 15) is 12.8 Å². The fraction of sp³-hybridized carbons (Fsp3) is 0.214. The van der Waals surface area contributed by atoms with Gasteiger partial charge >= 0.3 is 0 Å². The van der Waals surface area contributed by atoms with E-state index in [-0.39, 0.29) is 11.6 Å². The SMILES string of the molecule is CCN(c1ccc(F)cc1)S(=O)(=O)c1ncccc1NC. The maximum Gasteiger partial charge on any atom is 0.283 e. The molecule has 2 rings (SSSR count). The lowest BCUT2D eigenvalue weighted by molar-refractivity contribution is 0.588. The number of nitrogens with one attached hydrogen (secondary N) is 1. The van der Waals surface area contributed by atoms with Gasteiger partial charge in [0, 0.05) is 19.8 Å². The highest BCUT2D eigenvalue weighted by atomic mass is 32.2. The molecule has 1 heterocycles. The minimum atomic E-state index is -3.82. The second kappa shape index (κ2) is 6.09. The first-order valence-electron chi connectivity index (χ1n) is 6.41. The van der Waals surface area contributed by atoms with Crippen molar-refractivity contribution in [2.24, 2.45) is 0 Å². The van der Waals surface area contributed by atoms with Crippen LogP contribution in [0.4, 0.5) is 15.8 Å². The molecule has 2 aromatic rings. The summed E-state index contributed by atoms with van der Waals surface area (Å²) >= 11 is 0. The first-order chi connectivity index (χ1) is 10.0. The van der Waals surface area contributed by atoms with Crippen molar-refractivity contribution in [2.45, 2.75) is 11.9 Å². The Morgan fingerprint density at radius 3 is 2.48 bits per heavy atom. The summed E-state index contributed by atoms with van der Waals surface area (Å²) in [6, 6.07) is 8.60. The summed E-state index contributed by atoms with van der Waals surface area (Å²) in [4.78, 5) is 3.97. The number of halogens is 1. The summed E-state index contributed by atoms with van der Waals surface area (Å²) in [5.41, 5.74) is 0.810. The second-order valence-corrected chi connectivity index (χ2v) is 6.03. The number of anilines is 2. The molecule has 1 N–H and O–H groups in total. The minimum Gasteiger partial charge on any atom is -0.386 e. The number of nitrogens with zero attached hydrogens (tertiary/aromatic N) is 2. The molecule has 0 amide bonds. The molecule has 0 atom stereocenters. The molecular formula is C14H16FN3O2S. The van der Waals surface area contributed by atoms with Gasteiger partial charge < -0.3 is 5.32 Å². The fourth-order valence-electron chi connectivity index (χ4n) is 1.99. The Bertz CT molecular complexity index is 717. The van der Waals surface area contributed by atoms with Crippen molar-refractivity contribution < 1.29 is 12.8 Å². The number of benzene rings is 1. The standard InChI is InChI=1S/C14H16FN3O2S/c1-3-18(12-8-6-11(15)7-9-12)21(19,20)14-13(16-2)5-4-10-17-14/h4-10,16H,3H2,1-2H3. The van der Waals surface area contributed by atoms with Crippen LogP contribution in [0.5, 0.6) is 0 Å².